The molecule has 188 valence electrons. The lowest BCUT2D eigenvalue weighted by Gasteiger charge is -2.32. The summed E-state index contributed by atoms with van der Waals surface area (Å²) < 4.78 is 22.7. The van der Waals surface area contributed by atoms with E-state index in [0.717, 1.165) is 32.1 Å². The summed E-state index contributed by atoms with van der Waals surface area (Å²) in [6.07, 6.45) is 4.49. The van der Waals surface area contributed by atoms with Gasteiger partial charge in [-0.2, -0.15) is 0 Å². The van der Waals surface area contributed by atoms with Crippen molar-refractivity contribution in [1.82, 2.24) is 0 Å². The first-order valence-electron chi connectivity index (χ1n) is 11.8. The van der Waals surface area contributed by atoms with E-state index in [1.54, 1.807) is 19.9 Å². The fourth-order valence-corrected chi connectivity index (χ4v) is 5.22. The summed E-state index contributed by atoms with van der Waals surface area (Å²) in [6.45, 7) is 3.65. The molecule has 1 aliphatic carbocycles. The van der Waals surface area contributed by atoms with Gasteiger partial charge in [-0.25, -0.2) is 4.79 Å². The minimum Gasteiger partial charge on any atom is -0.468 e. The van der Waals surface area contributed by atoms with Crippen molar-refractivity contribution in [2.45, 2.75) is 63.8 Å². The number of nitro groups is 1. The van der Waals surface area contributed by atoms with Crippen LogP contribution in [0.2, 0.25) is 0 Å². The summed E-state index contributed by atoms with van der Waals surface area (Å²) in [5, 5.41) is 11.4. The minimum atomic E-state index is -0.926. The van der Waals surface area contributed by atoms with Crippen molar-refractivity contribution in [3.63, 3.8) is 0 Å². The number of nitrogens with zero attached hydrogens (tertiary/aromatic N) is 2. The van der Waals surface area contributed by atoms with Crippen LogP contribution in [0, 0.1) is 16.0 Å². The monoisotopic (exact) mass is 486 g/mol. The molecular formula is C25H30N2O8. The normalized spacial score (nSPS) is 25.8. The Morgan fingerprint density at radius 1 is 1.23 bits per heavy atom. The summed E-state index contributed by atoms with van der Waals surface area (Å²) >= 11 is 0. The molecule has 3 atom stereocenters. The van der Waals surface area contributed by atoms with Crippen LogP contribution in [0.4, 0.5) is 5.69 Å². The fourth-order valence-electron chi connectivity index (χ4n) is 5.22. The van der Waals surface area contributed by atoms with Gasteiger partial charge in [-0.15, -0.1) is 0 Å². The van der Waals surface area contributed by atoms with Crippen LogP contribution in [0.25, 0.3) is 0 Å². The third-order valence-electron chi connectivity index (χ3n) is 6.87. The molecule has 3 unspecified atom stereocenters. The fraction of sp³-hybridized carbons (Fsp3) is 0.560. The SMILES string of the molecule is COC(=O)C1C(C)=NC(C)=C(C(=O)OCC2COC3(CCCCC3)O2)C1c1cccc([N+](=O)[O-])c1. The Kier molecular flexibility index (Phi) is 7.32. The number of rotatable bonds is 6. The van der Waals surface area contributed by atoms with Gasteiger partial charge in [0.2, 0.25) is 0 Å². The van der Waals surface area contributed by atoms with E-state index < -0.39 is 34.5 Å². The maximum Gasteiger partial charge on any atom is 0.336 e. The van der Waals surface area contributed by atoms with Crippen molar-refractivity contribution < 1.29 is 33.5 Å². The maximum absolute atomic E-state index is 13.4. The van der Waals surface area contributed by atoms with Crippen LogP contribution < -0.4 is 0 Å². The molecule has 2 heterocycles. The number of methoxy groups -OCH3 is 1. The Morgan fingerprint density at radius 3 is 2.66 bits per heavy atom. The zero-order chi connectivity index (χ0) is 25.2. The van der Waals surface area contributed by atoms with E-state index in [2.05, 4.69) is 4.99 Å². The van der Waals surface area contributed by atoms with Gasteiger partial charge in [-0.3, -0.25) is 19.9 Å². The standard InChI is InChI=1S/C25H30N2O8/c1-15-20(23(28)32-3)22(17-8-7-9-18(12-17)27(30)31)21(16(2)26-15)24(29)33-13-19-14-34-25(35-19)10-5-4-6-11-25/h7-9,12,19-20,22H,4-6,10-11,13-14H2,1-3H3. The number of non-ortho nitro benzene ring substituents is 1. The number of aliphatic imine (C=N–C) groups is 1. The predicted molar refractivity (Wildman–Crippen MR) is 125 cm³/mol. The van der Waals surface area contributed by atoms with Gasteiger partial charge in [0.05, 0.1) is 24.2 Å². The molecule has 1 spiro atoms. The lowest BCUT2D eigenvalue weighted by atomic mass is 9.75. The lowest BCUT2D eigenvalue weighted by Crippen LogP contribution is -2.37. The zero-order valence-electron chi connectivity index (χ0n) is 20.2. The highest BCUT2D eigenvalue weighted by atomic mass is 16.8. The molecule has 35 heavy (non-hydrogen) atoms. The third kappa shape index (κ3) is 5.13. The van der Waals surface area contributed by atoms with Gasteiger partial charge in [-0.05, 0) is 32.3 Å². The highest BCUT2D eigenvalue weighted by Gasteiger charge is 2.45. The van der Waals surface area contributed by atoms with E-state index in [-0.39, 0.29) is 24.0 Å². The number of esters is 2. The summed E-state index contributed by atoms with van der Waals surface area (Å²) in [4.78, 5) is 41.4. The smallest absolute Gasteiger partial charge is 0.336 e. The molecule has 2 fully saturated rings. The van der Waals surface area contributed by atoms with Gasteiger partial charge in [0.25, 0.3) is 5.69 Å². The molecule has 3 aliphatic rings. The van der Waals surface area contributed by atoms with Gasteiger partial charge in [0.1, 0.15) is 18.6 Å². The summed E-state index contributed by atoms with van der Waals surface area (Å²) in [5.74, 6) is -3.61. The van der Waals surface area contributed by atoms with E-state index in [9.17, 15) is 19.7 Å². The van der Waals surface area contributed by atoms with Crippen LogP contribution in [0.5, 0.6) is 0 Å². The van der Waals surface area contributed by atoms with E-state index in [0.29, 0.717) is 23.6 Å². The first kappa shape index (κ1) is 25.0. The first-order valence-corrected chi connectivity index (χ1v) is 11.8. The average molecular weight is 487 g/mol. The number of carbonyl (C=O) groups is 2. The molecule has 4 rings (SSSR count). The zero-order valence-corrected chi connectivity index (χ0v) is 20.2. The molecule has 10 nitrogen and oxygen atoms in total. The third-order valence-corrected chi connectivity index (χ3v) is 6.87. The predicted octanol–water partition coefficient (Wildman–Crippen LogP) is 3.84. The van der Waals surface area contributed by atoms with Crippen LogP contribution in [0.3, 0.4) is 0 Å². The van der Waals surface area contributed by atoms with Crippen molar-refractivity contribution in [2.24, 2.45) is 10.9 Å². The van der Waals surface area contributed by atoms with E-state index in [4.69, 9.17) is 18.9 Å². The second-order valence-electron chi connectivity index (χ2n) is 9.20. The number of hydrogen-bond acceptors (Lipinski definition) is 9. The molecule has 1 saturated heterocycles. The lowest BCUT2D eigenvalue weighted by molar-refractivity contribution is -0.384. The molecule has 0 bridgehead atoms. The van der Waals surface area contributed by atoms with Crippen LogP contribution in [0.15, 0.2) is 40.5 Å². The molecule has 0 radical (unpaired) electrons. The van der Waals surface area contributed by atoms with Gasteiger partial charge in [0, 0.05) is 42.3 Å². The second-order valence-corrected chi connectivity index (χ2v) is 9.20. The van der Waals surface area contributed by atoms with E-state index in [1.807, 2.05) is 0 Å². The Hall–Kier alpha value is -3.11. The minimum absolute atomic E-state index is 0.00932. The van der Waals surface area contributed by atoms with E-state index in [1.165, 1.54) is 25.3 Å². The molecule has 2 aliphatic heterocycles. The molecule has 1 saturated carbocycles. The van der Waals surface area contributed by atoms with Crippen LogP contribution in [0.1, 0.15) is 57.4 Å². The van der Waals surface area contributed by atoms with Gasteiger partial charge in [0.15, 0.2) is 5.79 Å². The summed E-state index contributed by atoms with van der Waals surface area (Å²) in [5.41, 5.74) is 1.28. The molecule has 0 N–H and O–H groups in total. The topological polar surface area (TPSA) is 127 Å². The number of nitro benzene ring substituents is 1. The maximum atomic E-state index is 13.4. The molecule has 0 aromatic heterocycles. The van der Waals surface area contributed by atoms with Crippen molar-refractivity contribution in [3.8, 4) is 0 Å². The molecule has 1 aromatic carbocycles. The largest absolute Gasteiger partial charge is 0.468 e. The average Bonchev–Trinajstić information content (AvgIpc) is 3.24. The molecular weight excluding hydrogens is 456 g/mol. The number of ether oxygens (including phenoxy) is 4. The van der Waals surface area contributed by atoms with Crippen molar-refractivity contribution in [3.05, 3.63) is 51.2 Å². The molecule has 10 heteroatoms. The first-order chi connectivity index (χ1) is 16.7. The highest BCUT2D eigenvalue weighted by molar-refractivity contribution is 6.07. The number of carbonyl (C=O) groups excluding carboxylic acids is 2. The highest BCUT2D eigenvalue weighted by Crippen LogP contribution is 2.41. The van der Waals surface area contributed by atoms with Gasteiger partial charge in [-0.1, -0.05) is 18.6 Å². The van der Waals surface area contributed by atoms with E-state index >= 15 is 0 Å². The Morgan fingerprint density at radius 2 is 1.97 bits per heavy atom. The van der Waals surface area contributed by atoms with Crippen molar-refractivity contribution in [1.29, 1.82) is 0 Å². The van der Waals surface area contributed by atoms with Crippen LogP contribution in [-0.2, 0) is 28.5 Å². The molecule has 0 amide bonds. The number of hydrogen-bond donors (Lipinski definition) is 0. The van der Waals surface area contributed by atoms with Crippen LogP contribution in [-0.4, -0.2) is 54.8 Å². The Bertz CT molecular complexity index is 1070. The van der Waals surface area contributed by atoms with Crippen molar-refractivity contribution in [2.75, 3.05) is 20.3 Å². The quantitative estimate of drug-likeness (QED) is 0.337. The summed E-state index contributed by atoms with van der Waals surface area (Å²) in [6, 6.07) is 5.88. The second kappa shape index (κ2) is 10.2. The molecule has 1 aromatic rings. The van der Waals surface area contributed by atoms with Gasteiger partial charge >= 0.3 is 11.9 Å². The number of allylic oxidation sites excluding steroid dienone is 1. The Balaban J connectivity index is 1.59. The Labute approximate surface area is 203 Å². The number of benzene rings is 1. The van der Waals surface area contributed by atoms with Crippen LogP contribution >= 0.6 is 0 Å². The summed E-state index contributed by atoms with van der Waals surface area (Å²) in [7, 11) is 1.25. The van der Waals surface area contributed by atoms with Crippen molar-refractivity contribution >= 4 is 23.3 Å². The van der Waals surface area contributed by atoms with Gasteiger partial charge < -0.3 is 18.9 Å².